The molecule has 150 valence electrons. The van der Waals surface area contributed by atoms with Gasteiger partial charge in [0.2, 0.25) is 5.91 Å². The summed E-state index contributed by atoms with van der Waals surface area (Å²) in [5, 5.41) is 14.9. The van der Waals surface area contributed by atoms with Gasteiger partial charge in [0.25, 0.3) is 0 Å². The minimum atomic E-state index is -0.897. The zero-order chi connectivity index (χ0) is 20.0. The van der Waals surface area contributed by atoms with E-state index in [0.717, 1.165) is 31.7 Å². The van der Waals surface area contributed by atoms with Crippen molar-refractivity contribution in [1.82, 2.24) is 10.6 Å². The van der Waals surface area contributed by atoms with Gasteiger partial charge in [-0.3, -0.25) is 4.79 Å². The topological polar surface area (TPSA) is 87.7 Å². The highest BCUT2D eigenvalue weighted by molar-refractivity contribution is 5.86. The fraction of sp³-hybridized carbons (Fsp3) is 0.600. The van der Waals surface area contributed by atoms with Crippen molar-refractivity contribution in [3.63, 3.8) is 0 Å². The molecule has 7 heteroatoms. The Kier molecular flexibility index (Phi) is 7.05. The SMILES string of the molecule is CC(C)(C)OC(=O)NC(Cc1ccc(O)c(F)c1)C(=O)NC1CCCCC1. The maximum Gasteiger partial charge on any atom is 0.408 e. The first-order valence-electron chi connectivity index (χ1n) is 9.41. The van der Waals surface area contributed by atoms with Crippen molar-refractivity contribution < 1.29 is 23.8 Å². The van der Waals surface area contributed by atoms with E-state index in [2.05, 4.69) is 10.6 Å². The van der Waals surface area contributed by atoms with E-state index in [9.17, 15) is 19.1 Å². The van der Waals surface area contributed by atoms with Gasteiger partial charge in [-0.2, -0.15) is 0 Å². The van der Waals surface area contributed by atoms with E-state index in [1.807, 2.05) is 0 Å². The molecule has 6 nitrogen and oxygen atoms in total. The van der Waals surface area contributed by atoms with Crippen LogP contribution in [-0.2, 0) is 16.0 Å². The van der Waals surface area contributed by atoms with Gasteiger partial charge >= 0.3 is 6.09 Å². The molecule has 3 N–H and O–H groups in total. The first-order chi connectivity index (χ1) is 12.6. The number of benzene rings is 1. The highest BCUT2D eigenvalue weighted by Crippen LogP contribution is 2.19. The Hall–Kier alpha value is -2.31. The van der Waals surface area contributed by atoms with Crippen molar-refractivity contribution in [3.8, 4) is 5.75 Å². The van der Waals surface area contributed by atoms with Crippen LogP contribution in [-0.4, -0.2) is 34.8 Å². The van der Waals surface area contributed by atoms with Crippen LogP contribution in [0.2, 0.25) is 0 Å². The number of halogens is 1. The van der Waals surface area contributed by atoms with Crippen molar-refractivity contribution in [3.05, 3.63) is 29.6 Å². The second kappa shape index (κ2) is 9.06. The van der Waals surface area contributed by atoms with Gasteiger partial charge in [0.15, 0.2) is 11.6 Å². The monoisotopic (exact) mass is 380 g/mol. The Balaban J connectivity index is 2.09. The summed E-state index contributed by atoms with van der Waals surface area (Å²) in [6.45, 7) is 5.21. The fourth-order valence-corrected chi connectivity index (χ4v) is 3.12. The van der Waals surface area contributed by atoms with Gasteiger partial charge in [0, 0.05) is 12.5 Å². The summed E-state index contributed by atoms with van der Waals surface area (Å²) in [5.74, 6) is -1.54. The van der Waals surface area contributed by atoms with Crippen molar-refractivity contribution in [1.29, 1.82) is 0 Å². The molecule has 1 aromatic carbocycles. The molecule has 1 atom stereocenters. The Morgan fingerprint density at radius 2 is 1.93 bits per heavy atom. The lowest BCUT2D eigenvalue weighted by Gasteiger charge is -2.27. The molecule has 0 bridgehead atoms. The number of aromatic hydroxyl groups is 1. The molecule has 1 unspecified atom stereocenters. The number of nitrogens with one attached hydrogen (secondary N) is 2. The van der Waals surface area contributed by atoms with E-state index >= 15 is 0 Å². The molecule has 1 aromatic rings. The summed E-state index contributed by atoms with van der Waals surface area (Å²) in [4.78, 5) is 24.9. The number of alkyl carbamates (subject to hydrolysis) is 1. The number of rotatable bonds is 5. The van der Waals surface area contributed by atoms with Crippen molar-refractivity contribution in [2.75, 3.05) is 0 Å². The number of phenols is 1. The van der Waals surface area contributed by atoms with E-state index in [1.54, 1.807) is 20.8 Å². The first kappa shape index (κ1) is 21.0. The molecule has 27 heavy (non-hydrogen) atoms. The third kappa shape index (κ3) is 7.07. The third-order valence-corrected chi connectivity index (χ3v) is 4.41. The van der Waals surface area contributed by atoms with E-state index in [0.29, 0.717) is 5.56 Å². The Bertz CT molecular complexity index is 666. The van der Waals surface area contributed by atoms with Crippen LogP contribution in [0.4, 0.5) is 9.18 Å². The van der Waals surface area contributed by atoms with Crippen LogP contribution in [0.15, 0.2) is 18.2 Å². The molecule has 1 saturated carbocycles. The van der Waals surface area contributed by atoms with Crippen LogP contribution in [0.3, 0.4) is 0 Å². The third-order valence-electron chi connectivity index (χ3n) is 4.41. The molecule has 0 aromatic heterocycles. The van der Waals surface area contributed by atoms with Crippen molar-refractivity contribution in [2.24, 2.45) is 0 Å². The predicted octanol–water partition coefficient (Wildman–Crippen LogP) is 3.42. The largest absolute Gasteiger partial charge is 0.505 e. The van der Waals surface area contributed by atoms with Crippen molar-refractivity contribution in [2.45, 2.75) is 77.0 Å². The molecule has 0 aliphatic heterocycles. The molecule has 1 fully saturated rings. The van der Waals surface area contributed by atoms with Crippen LogP contribution in [0, 0.1) is 5.82 Å². The number of amides is 2. The van der Waals surface area contributed by atoms with Crippen LogP contribution in [0.25, 0.3) is 0 Å². The molecular weight excluding hydrogens is 351 g/mol. The van der Waals surface area contributed by atoms with Gasteiger partial charge in [0.1, 0.15) is 11.6 Å². The molecule has 0 heterocycles. The van der Waals surface area contributed by atoms with E-state index in [-0.39, 0.29) is 18.4 Å². The van der Waals surface area contributed by atoms with Crippen molar-refractivity contribution >= 4 is 12.0 Å². The van der Waals surface area contributed by atoms with Gasteiger partial charge < -0.3 is 20.5 Å². The standard InChI is InChI=1S/C20H29FN2O4/c1-20(2,3)27-19(26)23-16(12-13-9-10-17(24)15(21)11-13)18(25)22-14-7-5-4-6-8-14/h9-11,14,16,24H,4-8,12H2,1-3H3,(H,22,25)(H,23,26). The summed E-state index contributed by atoms with van der Waals surface area (Å²) in [6.07, 6.45) is 4.52. The fourth-order valence-electron chi connectivity index (χ4n) is 3.12. The first-order valence-corrected chi connectivity index (χ1v) is 9.41. The predicted molar refractivity (Wildman–Crippen MR) is 99.9 cm³/mol. The maximum absolute atomic E-state index is 13.6. The van der Waals surface area contributed by atoms with Crippen LogP contribution in [0.5, 0.6) is 5.75 Å². The molecular formula is C20H29FN2O4. The molecule has 0 radical (unpaired) electrons. The number of carbonyl (C=O) groups is 2. The number of phenolic OH excluding ortho intramolecular Hbond substituents is 1. The number of ether oxygens (including phenoxy) is 1. The van der Waals surface area contributed by atoms with Crippen LogP contribution in [0.1, 0.15) is 58.4 Å². The zero-order valence-corrected chi connectivity index (χ0v) is 16.2. The zero-order valence-electron chi connectivity index (χ0n) is 16.2. The smallest absolute Gasteiger partial charge is 0.408 e. The second-order valence-corrected chi connectivity index (χ2v) is 8.03. The molecule has 1 aliphatic rings. The van der Waals surface area contributed by atoms with Gasteiger partial charge in [-0.05, 0) is 51.3 Å². The highest BCUT2D eigenvalue weighted by atomic mass is 19.1. The van der Waals surface area contributed by atoms with E-state index < -0.39 is 29.3 Å². The number of hydrogen-bond donors (Lipinski definition) is 3. The average molecular weight is 380 g/mol. The van der Waals surface area contributed by atoms with E-state index in [1.165, 1.54) is 18.6 Å². The lowest BCUT2D eigenvalue weighted by Crippen LogP contribution is -2.51. The molecule has 2 amide bonds. The van der Waals surface area contributed by atoms with Gasteiger partial charge in [-0.1, -0.05) is 25.3 Å². The molecule has 1 aliphatic carbocycles. The minimum Gasteiger partial charge on any atom is -0.505 e. The Labute approximate surface area is 159 Å². The van der Waals surface area contributed by atoms with Gasteiger partial charge in [-0.15, -0.1) is 0 Å². The summed E-state index contributed by atoms with van der Waals surface area (Å²) >= 11 is 0. The lowest BCUT2D eigenvalue weighted by atomic mass is 9.95. The van der Waals surface area contributed by atoms with Crippen LogP contribution < -0.4 is 10.6 Å². The quantitative estimate of drug-likeness (QED) is 0.730. The number of hydrogen-bond acceptors (Lipinski definition) is 4. The minimum absolute atomic E-state index is 0.0886. The summed E-state index contributed by atoms with van der Waals surface area (Å²) in [6, 6.07) is 3.11. The second-order valence-electron chi connectivity index (χ2n) is 8.03. The normalized spacial score (nSPS) is 16.4. The summed E-state index contributed by atoms with van der Waals surface area (Å²) < 4.78 is 18.9. The Morgan fingerprint density at radius 1 is 1.26 bits per heavy atom. The number of carbonyl (C=O) groups excluding carboxylic acids is 2. The average Bonchev–Trinajstić information content (AvgIpc) is 2.57. The van der Waals surface area contributed by atoms with Gasteiger partial charge in [0.05, 0.1) is 0 Å². The van der Waals surface area contributed by atoms with E-state index in [4.69, 9.17) is 4.74 Å². The van der Waals surface area contributed by atoms with Gasteiger partial charge in [-0.25, -0.2) is 9.18 Å². The summed E-state index contributed by atoms with van der Waals surface area (Å²) in [5.41, 5.74) is -0.204. The maximum atomic E-state index is 13.6. The lowest BCUT2D eigenvalue weighted by molar-refractivity contribution is -0.124. The van der Waals surface area contributed by atoms with Crippen LogP contribution >= 0.6 is 0 Å². The molecule has 0 saturated heterocycles. The molecule has 2 rings (SSSR count). The Morgan fingerprint density at radius 3 is 2.52 bits per heavy atom. The summed E-state index contributed by atoms with van der Waals surface area (Å²) in [7, 11) is 0. The highest BCUT2D eigenvalue weighted by Gasteiger charge is 2.27. The molecule has 0 spiro atoms.